The molecule has 0 aliphatic carbocycles. The van der Waals surface area contributed by atoms with Crippen LogP contribution in [-0.2, 0) is 9.53 Å². The van der Waals surface area contributed by atoms with E-state index in [1.165, 1.54) is 0 Å². The second kappa shape index (κ2) is 11.0. The van der Waals surface area contributed by atoms with E-state index in [0.29, 0.717) is 31.3 Å². The van der Waals surface area contributed by atoms with Crippen LogP contribution in [0.25, 0.3) is 0 Å². The van der Waals surface area contributed by atoms with E-state index in [9.17, 15) is 4.79 Å². The van der Waals surface area contributed by atoms with Crippen molar-refractivity contribution < 1.29 is 23.7 Å². The van der Waals surface area contributed by atoms with Crippen molar-refractivity contribution >= 4 is 5.91 Å². The number of carbonyl (C=O) groups is 1. The Kier molecular flexibility index (Phi) is 8.14. The van der Waals surface area contributed by atoms with Gasteiger partial charge in [-0.3, -0.25) is 9.69 Å². The molecule has 1 saturated heterocycles. The monoisotopic (exact) mass is 428 g/mol. The number of nitrogens with zero attached hydrogens (tertiary/aromatic N) is 1. The molecule has 1 unspecified atom stereocenters. The quantitative estimate of drug-likeness (QED) is 0.662. The Morgan fingerprint density at radius 1 is 1.03 bits per heavy atom. The van der Waals surface area contributed by atoms with Crippen LogP contribution in [0, 0.1) is 13.8 Å². The van der Waals surface area contributed by atoms with Gasteiger partial charge >= 0.3 is 0 Å². The Morgan fingerprint density at radius 3 is 2.48 bits per heavy atom. The van der Waals surface area contributed by atoms with Gasteiger partial charge in [-0.05, 0) is 48.7 Å². The number of ether oxygens (including phenoxy) is 4. The standard InChI is InChI=1S/C24H32N2O5/c1-17-5-6-18(2)22(13-17)31-16-24(27)25-15-20(26-9-11-30-12-10-26)19-7-8-21(28-3)23(14-19)29-4/h5-8,13-14,20H,9-12,15-16H2,1-4H3,(H,25,27). The highest BCUT2D eigenvalue weighted by molar-refractivity contribution is 5.77. The maximum absolute atomic E-state index is 12.5. The number of aryl methyl sites for hydroxylation is 2. The second-order valence-electron chi connectivity index (χ2n) is 7.64. The van der Waals surface area contributed by atoms with Gasteiger partial charge in [-0.25, -0.2) is 0 Å². The fraction of sp³-hybridized carbons (Fsp3) is 0.458. The van der Waals surface area contributed by atoms with E-state index in [4.69, 9.17) is 18.9 Å². The molecule has 1 amide bonds. The summed E-state index contributed by atoms with van der Waals surface area (Å²) >= 11 is 0. The molecular formula is C24H32N2O5. The highest BCUT2D eigenvalue weighted by Gasteiger charge is 2.24. The topological polar surface area (TPSA) is 69.3 Å². The minimum atomic E-state index is -0.153. The molecule has 7 heteroatoms. The summed E-state index contributed by atoms with van der Waals surface area (Å²) in [6.45, 7) is 7.36. The number of morpholine rings is 1. The lowest BCUT2D eigenvalue weighted by atomic mass is 10.0. The first-order valence-corrected chi connectivity index (χ1v) is 10.5. The summed E-state index contributed by atoms with van der Waals surface area (Å²) in [6.07, 6.45) is 0. The third kappa shape index (κ3) is 6.12. The molecule has 31 heavy (non-hydrogen) atoms. The molecule has 168 valence electrons. The van der Waals surface area contributed by atoms with E-state index < -0.39 is 0 Å². The first-order valence-electron chi connectivity index (χ1n) is 10.5. The molecular weight excluding hydrogens is 396 g/mol. The molecule has 0 aromatic heterocycles. The Balaban J connectivity index is 1.67. The van der Waals surface area contributed by atoms with Gasteiger partial charge in [0.25, 0.3) is 5.91 Å². The summed E-state index contributed by atoms with van der Waals surface area (Å²) in [7, 11) is 3.24. The lowest BCUT2D eigenvalue weighted by molar-refractivity contribution is -0.123. The molecule has 1 heterocycles. The molecule has 0 bridgehead atoms. The van der Waals surface area contributed by atoms with Gasteiger partial charge in [-0.1, -0.05) is 18.2 Å². The minimum Gasteiger partial charge on any atom is -0.493 e. The molecule has 2 aromatic carbocycles. The number of nitrogens with one attached hydrogen (secondary N) is 1. The van der Waals surface area contributed by atoms with E-state index in [2.05, 4.69) is 10.2 Å². The summed E-state index contributed by atoms with van der Waals surface area (Å²) in [4.78, 5) is 14.8. The predicted octanol–water partition coefficient (Wildman–Crippen LogP) is 2.89. The third-order valence-electron chi connectivity index (χ3n) is 5.47. The normalized spacial score (nSPS) is 15.2. The van der Waals surface area contributed by atoms with E-state index in [1.807, 2.05) is 50.2 Å². The fourth-order valence-corrected chi connectivity index (χ4v) is 3.67. The molecule has 0 radical (unpaired) electrons. The van der Waals surface area contributed by atoms with Gasteiger partial charge < -0.3 is 24.3 Å². The van der Waals surface area contributed by atoms with Gasteiger partial charge in [0.1, 0.15) is 5.75 Å². The number of hydrogen-bond donors (Lipinski definition) is 1. The van der Waals surface area contributed by atoms with Crippen LogP contribution in [0.2, 0.25) is 0 Å². The molecule has 1 N–H and O–H groups in total. The Morgan fingerprint density at radius 2 is 1.77 bits per heavy atom. The van der Waals surface area contributed by atoms with Gasteiger partial charge in [0, 0.05) is 19.6 Å². The average Bonchev–Trinajstić information content (AvgIpc) is 2.80. The maximum Gasteiger partial charge on any atom is 0.258 e. The van der Waals surface area contributed by atoms with Gasteiger partial charge in [0.15, 0.2) is 18.1 Å². The molecule has 1 fully saturated rings. The summed E-state index contributed by atoms with van der Waals surface area (Å²) in [6, 6.07) is 11.8. The lowest BCUT2D eigenvalue weighted by Crippen LogP contribution is -2.44. The van der Waals surface area contributed by atoms with Crippen LogP contribution in [0.1, 0.15) is 22.7 Å². The maximum atomic E-state index is 12.5. The summed E-state index contributed by atoms with van der Waals surface area (Å²) < 4.78 is 22.1. The van der Waals surface area contributed by atoms with Crippen LogP contribution in [0.15, 0.2) is 36.4 Å². The molecule has 0 spiro atoms. The van der Waals surface area contributed by atoms with Gasteiger partial charge in [0.05, 0.1) is 33.5 Å². The number of methoxy groups -OCH3 is 2. The summed E-state index contributed by atoms with van der Waals surface area (Å²) in [5.74, 6) is 1.93. The fourth-order valence-electron chi connectivity index (χ4n) is 3.67. The van der Waals surface area contributed by atoms with Crippen LogP contribution in [0.5, 0.6) is 17.2 Å². The van der Waals surface area contributed by atoms with Crippen LogP contribution in [-0.4, -0.2) is 64.5 Å². The minimum absolute atomic E-state index is 0.00615. The third-order valence-corrected chi connectivity index (χ3v) is 5.47. The van der Waals surface area contributed by atoms with E-state index in [-0.39, 0.29) is 18.6 Å². The highest BCUT2D eigenvalue weighted by Crippen LogP contribution is 2.32. The van der Waals surface area contributed by atoms with Crippen molar-refractivity contribution in [1.82, 2.24) is 10.2 Å². The first-order chi connectivity index (χ1) is 15.0. The van der Waals surface area contributed by atoms with Crippen molar-refractivity contribution in [3.05, 3.63) is 53.1 Å². The zero-order valence-electron chi connectivity index (χ0n) is 18.8. The van der Waals surface area contributed by atoms with E-state index >= 15 is 0 Å². The van der Waals surface area contributed by atoms with Crippen molar-refractivity contribution in [2.75, 3.05) is 53.7 Å². The zero-order valence-corrected chi connectivity index (χ0v) is 18.8. The molecule has 1 aliphatic rings. The summed E-state index contributed by atoms with van der Waals surface area (Å²) in [5.41, 5.74) is 3.16. The van der Waals surface area contributed by atoms with Crippen LogP contribution in [0.3, 0.4) is 0 Å². The average molecular weight is 429 g/mol. The largest absolute Gasteiger partial charge is 0.493 e. The summed E-state index contributed by atoms with van der Waals surface area (Å²) in [5, 5.41) is 3.03. The van der Waals surface area contributed by atoms with Crippen molar-refractivity contribution in [3.63, 3.8) is 0 Å². The van der Waals surface area contributed by atoms with Gasteiger partial charge in [0.2, 0.25) is 0 Å². The molecule has 7 nitrogen and oxygen atoms in total. The smallest absolute Gasteiger partial charge is 0.258 e. The van der Waals surface area contributed by atoms with Crippen molar-refractivity contribution in [2.24, 2.45) is 0 Å². The molecule has 2 aromatic rings. The highest BCUT2D eigenvalue weighted by atomic mass is 16.5. The molecule has 0 saturated carbocycles. The number of rotatable bonds is 9. The van der Waals surface area contributed by atoms with Crippen molar-refractivity contribution in [1.29, 1.82) is 0 Å². The number of carbonyl (C=O) groups excluding carboxylic acids is 1. The first kappa shape index (κ1) is 22.9. The lowest BCUT2D eigenvalue weighted by Gasteiger charge is -2.35. The van der Waals surface area contributed by atoms with Crippen LogP contribution >= 0.6 is 0 Å². The Labute approximate surface area is 184 Å². The van der Waals surface area contributed by atoms with Crippen molar-refractivity contribution in [3.8, 4) is 17.2 Å². The molecule has 1 aliphatic heterocycles. The SMILES string of the molecule is COc1ccc(C(CNC(=O)COc2cc(C)ccc2C)N2CCOCC2)cc1OC. The predicted molar refractivity (Wildman–Crippen MR) is 119 cm³/mol. The number of hydrogen-bond acceptors (Lipinski definition) is 6. The Bertz CT molecular complexity index is 880. The van der Waals surface area contributed by atoms with Crippen molar-refractivity contribution in [2.45, 2.75) is 19.9 Å². The van der Waals surface area contributed by atoms with Crippen LogP contribution < -0.4 is 19.5 Å². The number of amides is 1. The molecule has 1 atom stereocenters. The molecule has 3 rings (SSSR count). The number of benzene rings is 2. The van der Waals surface area contributed by atoms with Gasteiger partial charge in [-0.2, -0.15) is 0 Å². The van der Waals surface area contributed by atoms with E-state index in [0.717, 1.165) is 35.5 Å². The van der Waals surface area contributed by atoms with E-state index in [1.54, 1.807) is 14.2 Å². The second-order valence-corrected chi connectivity index (χ2v) is 7.64. The Hall–Kier alpha value is -2.77. The van der Waals surface area contributed by atoms with Crippen LogP contribution in [0.4, 0.5) is 0 Å². The van der Waals surface area contributed by atoms with Gasteiger partial charge in [-0.15, -0.1) is 0 Å². The zero-order chi connectivity index (χ0) is 22.2.